The number of hydrogen-bond acceptors (Lipinski definition) is 7. The van der Waals surface area contributed by atoms with Crippen LogP contribution in [0, 0.1) is 5.82 Å². The quantitative estimate of drug-likeness (QED) is 0.568. The van der Waals surface area contributed by atoms with Crippen LogP contribution in [0.25, 0.3) is 0 Å². The number of benzene rings is 1. The second kappa shape index (κ2) is 6.31. The lowest BCUT2D eigenvalue weighted by Crippen LogP contribution is -2.19. The zero-order valence-electron chi connectivity index (χ0n) is 12.1. The van der Waals surface area contributed by atoms with Crippen molar-refractivity contribution in [1.82, 2.24) is 15.0 Å². The minimum absolute atomic E-state index is 0.0892. The molecule has 0 saturated heterocycles. The molecule has 0 bridgehead atoms. The first-order chi connectivity index (χ1) is 9.99. The smallest absolute Gasteiger partial charge is 0.243 e. The van der Waals surface area contributed by atoms with Crippen molar-refractivity contribution in [3.63, 3.8) is 0 Å². The average Bonchev–Trinajstić information content (AvgIpc) is 2.47. The van der Waals surface area contributed by atoms with Crippen LogP contribution in [0.3, 0.4) is 0 Å². The molecule has 0 spiro atoms. The predicted octanol–water partition coefficient (Wildman–Crippen LogP) is 1.54. The van der Waals surface area contributed by atoms with Gasteiger partial charge in [0.05, 0.1) is 6.04 Å². The van der Waals surface area contributed by atoms with Crippen LogP contribution in [0.5, 0.6) is 0 Å². The maximum atomic E-state index is 12.9. The molecule has 4 N–H and O–H groups in total. The monoisotopic (exact) mass is 291 g/mol. The molecule has 1 aromatic heterocycles. The number of nitrogens with one attached hydrogen (secondary N) is 2. The standard InChI is InChI=1S/C13H18FN7/c1-8(9-4-6-10(14)7-5-9)16-11-17-12(20-15)19-13(18-11)21(2)3/h4-8H,15H2,1-3H3,(H2,16,17,18,19,20). The fourth-order valence-corrected chi connectivity index (χ4v) is 1.72. The predicted molar refractivity (Wildman–Crippen MR) is 80.4 cm³/mol. The molecular weight excluding hydrogens is 273 g/mol. The van der Waals surface area contributed by atoms with Gasteiger partial charge < -0.3 is 10.2 Å². The topological polar surface area (TPSA) is 92.0 Å². The minimum atomic E-state index is -0.268. The third-order valence-corrected chi connectivity index (χ3v) is 2.87. The molecule has 0 amide bonds. The first-order valence-electron chi connectivity index (χ1n) is 6.41. The van der Waals surface area contributed by atoms with Crippen molar-refractivity contribution < 1.29 is 4.39 Å². The fourth-order valence-electron chi connectivity index (χ4n) is 1.72. The zero-order chi connectivity index (χ0) is 15.4. The molecule has 2 rings (SSSR count). The summed E-state index contributed by atoms with van der Waals surface area (Å²) in [4.78, 5) is 14.3. The van der Waals surface area contributed by atoms with Crippen molar-refractivity contribution in [2.75, 3.05) is 29.7 Å². The highest BCUT2D eigenvalue weighted by Crippen LogP contribution is 2.19. The maximum absolute atomic E-state index is 12.9. The number of aromatic nitrogens is 3. The normalized spacial score (nSPS) is 11.9. The molecule has 8 heteroatoms. The number of anilines is 3. The summed E-state index contributed by atoms with van der Waals surface area (Å²) in [5.74, 6) is 6.22. The Hall–Kier alpha value is -2.48. The highest BCUT2D eigenvalue weighted by molar-refractivity contribution is 5.43. The summed E-state index contributed by atoms with van der Waals surface area (Å²) in [7, 11) is 3.64. The Bertz CT molecular complexity index is 600. The molecule has 7 nitrogen and oxygen atoms in total. The van der Waals surface area contributed by atoms with Crippen molar-refractivity contribution in [2.45, 2.75) is 13.0 Å². The van der Waals surface area contributed by atoms with Crippen molar-refractivity contribution in [3.8, 4) is 0 Å². The Morgan fingerprint density at radius 3 is 2.29 bits per heavy atom. The van der Waals surface area contributed by atoms with Crippen LogP contribution in [-0.2, 0) is 0 Å². The fraction of sp³-hybridized carbons (Fsp3) is 0.308. The van der Waals surface area contributed by atoms with Gasteiger partial charge in [-0.1, -0.05) is 12.1 Å². The van der Waals surface area contributed by atoms with Crippen LogP contribution in [0.15, 0.2) is 24.3 Å². The summed E-state index contributed by atoms with van der Waals surface area (Å²) in [5.41, 5.74) is 3.33. The highest BCUT2D eigenvalue weighted by Gasteiger charge is 2.11. The number of hydrogen-bond donors (Lipinski definition) is 3. The van der Waals surface area contributed by atoms with Crippen molar-refractivity contribution in [3.05, 3.63) is 35.6 Å². The number of nitrogen functional groups attached to an aromatic ring is 1. The van der Waals surface area contributed by atoms with E-state index in [0.29, 0.717) is 11.9 Å². The average molecular weight is 291 g/mol. The summed E-state index contributed by atoms with van der Waals surface area (Å²) >= 11 is 0. The van der Waals surface area contributed by atoms with Crippen LogP contribution in [0.4, 0.5) is 22.2 Å². The van der Waals surface area contributed by atoms with Gasteiger partial charge >= 0.3 is 0 Å². The molecule has 1 unspecified atom stereocenters. The molecule has 0 radical (unpaired) electrons. The first-order valence-corrected chi connectivity index (χ1v) is 6.41. The van der Waals surface area contributed by atoms with E-state index in [0.717, 1.165) is 5.56 Å². The molecule has 1 heterocycles. The van der Waals surface area contributed by atoms with E-state index in [9.17, 15) is 4.39 Å². The molecule has 0 saturated carbocycles. The van der Waals surface area contributed by atoms with Gasteiger partial charge in [-0.2, -0.15) is 15.0 Å². The molecular formula is C13H18FN7. The minimum Gasteiger partial charge on any atom is -0.348 e. The summed E-state index contributed by atoms with van der Waals surface area (Å²) in [6, 6.07) is 6.17. The van der Waals surface area contributed by atoms with E-state index in [2.05, 4.69) is 25.7 Å². The van der Waals surface area contributed by atoms with E-state index in [1.54, 1.807) is 17.0 Å². The summed E-state index contributed by atoms with van der Waals surface area (Å²) in [6.45, 7) is 1.93. The van der Waals surface area contributed by atoms with Crippen LogP contribution >= 0.6 is 0 Å². The lowest BCUT2D eigenvalue weighted by atomic mass is 10.1. The van der Waals surface area contributed by atoms with Gasteiger partial charge in [-0.05, 0) is 24.6 Å². The van der Waals surface area contributed by atoms with Crippen LogP contribution in [-0.4, -0.2) is 29.0 Å². The molecule has 112 valence electrons. The molecule has 0 aliphatic carbocycles. The van der Waals surface area contributed by atoms with Gasteiger partial charge in [0.2, 0.25) is 17.8 Å². The van der Waals surface area contributed by atoms with Gasteiger partial charge in [0, 0.05) is 14.1 Å². The van der Waals surface area contributed by atoms with Gasteiger partial charge in [-0.15, -0.1) is 0 Å². The largest absolute Gasteiger partial charge is 0.348 e. The summed E-state index contributed by atoms with van der Waals surface area (Å²) < 4.78 is 12.9. The van der Waals surface area contributed by atoms with Crippen molar-refractivity contribution in [1.29, 1.82) is 0 Å². The number of nitrogens with zero attached hydrogens (tertiary/aromatic N) is 4. The van der Waals surface area contributed by atoms with Gasteiger partial charge in [-0.3, -0.25) is 5.43 Å². The molecule has 21 heavy (non-hydrogen) atoms. The molecule has 0 aliphatic rings. The van der Waals surface area contributed by atoms with Gasteiger partial charge in [0.15, 0.2) is 0 Å². The Kier molecular flexibility index (Phi) is 4.49. The van der Waals surface area contributed by atoms with Gasteiger partial charge in [0.1, 0.15) is 5.82 Å². The van der Waals surface area contributed by atoms with Crippen LogP contribution < -0.4 is 21.5 Å². The Morgan fingerprint density at radius 2 is 1.71 bits per heavy atom. The molecule has 0 aliphatic heterocycles. The van der Waals surface area contributed by atoms with E-state index in [4.69, 9.17) is 5.84 Å². The highest BCUT2D eigenvalue weighted by atomic mass is 19.1. The Morgan fingerprint density at radius 1 is 1.10 bits per heavy atom. The van der Waals surface area contributed by atoms with Crippen LogP contribution in [0.2, 0.25) is 0 Å². The lowest BCUT2D eigenvalue weighted by Gasteiger charge is -2.17. The maximum Gasteiger partial charge on any atom is 0.243 e. The molecule has 2 aromatic rings. The Labute approximate surface area is 122 Å². The Balaban J connectivity index is 2.21. The number of rotatable bonds is 5. The second-order valence-corrected chi connectivity index (χ2v) is 4.74. The third-order valence-electron chi connectivity index (χ3n) is 2.87. The van der Waals surface area contributed by atoms with Crippen molar-refractivity contribution in [2.24, 2.45) is 5.84 Å². The summed E-state index contributed by atoms with van der Waals surface area (Å²) in [6.07, 6.45) is 0. The molecule has 1 atom stereocenters. The van der Waals surface area contributed by atoms with E-state index in [-0.39, 0.29) is 17.8 Å². The van der Waals surface area contributed by atoms with Gasteiger partial charge in [0.25, 0.3) is 0 Å². The number of hydrazine groups is 1. The zero-order valence-corrected chi connectivity index (χ0v) is 12.1. The van der Waals surface area contributed by atoms with Gasteiger partial charge in [-0.25, -0.2) is 10.2 Å². The first kappa shape index (κ1) is 14.9. The lowest BCUT2D eigenvalue weighted by molar-refractivity contribution is 0.626. The third kappa shape index (κ3) is 3.76. The SMILES string of the molecule is CC(Nc1nc(NN)nc(N(C)C)n1)c1ccc(F)cc1. The second-order valence-electron chi connectivity index (χ2n) is 4.74. The van der Waals surface area contributed by atoms with Crippen molar-refractivity contribution >= 4 is 17.8 Å². The van der Waals surface area contributed by atoms with E-state index in [1.165, 1.54) is 12.1 Å². The van der Waals surface area contributed by atoms with Crippen LogP contribution in [0.1, 0.15) is 18.5 Å². The summed E-state index contributed by atoms with van der Waals surface area (Å²) in [5, 5.41) is 3.14. The molecule has 0 fully saturated rings. The number of halogens is 1. The van der Waals surface area contributed by atoms with E-state index in [1.807, 2.05) is 21.0 Å². The van der Waals surface area contributed by atoms with E-state index < -0.39 is 0 Å². The van der Waals surface area contributed by atoms with E-state index >= 15 is 0 Å². The molecule has 1 aromatic carbocycles. The number of nitrogens with two attached hydrogens (primary N) is 1.